The molecule has 0 spiro atoms. The maximum atomic E-state index is 12.1. The molecule has 0 bridgehead atoms. The molecule has 1 fully saturated rings. The molecule has 0 radical (unpaired) electrons. The zero-order valence-electron chi connectivity index (χ0n) is 13.4. The van der Waals surface area contributed by atoms with Crippen LogP contribution in [0.4, 0.5) is 0 Å². The number of aliphatic hydroxyl groups excluding tert-OH is 2. The molecule has 1 aromatic heterocycles. The molecule has 1 saturated heterocycles. The Morgan fingerprint density at radius 1 is 1.45 bits per heavy atom. The molecular weight excluding hydrogens is 304 g/mol. The summed E-state index contributed by atoms with van der Waals surface area (Å²) in [5.74, 6) is 0. The molecule has 2 rings (SSSR count). The second-order valence-corrected chi connectivity index (χ2v) is 12.6. The van der Waals surface area contributed by atoms with Crippen LogP contribution in [0.1, 0.15) is 30.7 Å². The Hall–Kier alpha value is -1.22. The van der Waals surface area contributed by atoms with Crippen LogP contribution in [-0.2, 0) is 4.74 Å². The maximum Gasteiger partial charge on any atom is 0.330 e. The predicted molar refractivity (Wildman–Crippen MR) is 84.7 cm³/mol. The number of nitrogens with one attached hydrogen (secondary N) is 1. The Morgan fingerprint density at radius 3 is 2.59 bits per heavy atom. The van der Waals surface area contributed by atoms with E-state index in [-0.39, 0.29) is 24.1 Å². The number of rotatable bonds is 4. The highest BCUT2D eigenvalue weighted by Crippen LogP contribution is 2.29. The molecule has 2 heterocycles. The molecule has 0 saturated carbocycles. The molecule has 0 amide bonds. The summed E-state index contributed by atoms with van der Waals surface area (Å²) in [6.45, 7) is 8.15. The van der Waals surface area contributed by atoms with Gasteiger partial charge in [0.2, 0.25) is 0 Å². The zero-order chi connectivity index (χ0) is 16.7. The SMILES string of the molecule is CC(c1cn([C@H]2C[C@H](O)[C@@H](CO)O2)c(=O)[nH]c1=O)[Si](C)(C)C. The van der Waals surface area contributed by atoms with Gasteiger partial charge in [-0.15, -0.1) is 0 Å². The second-order valence-electron chi connectivity index (χ2n) is 6.95. The van der Waals surface area contributed by atoms with E-state index in [0.717, 1.165) is 0 Å². The quantitative estimate of drug-likeness (QED) is 0.683. The topological polar surface area (TPSA) is 105 Å². The lowest BCUT2D eigenvalue weighted by atomic mass is 10.2. The minimum absolute atomic E-state index is 0.0723. The van der Waals surface area contributed by atoms with Crippen molar-refractivity contribution in [3.63, 3.8) is 0 Å². The lowest BCUT2D eigenvalue weighted by molar-refractivity contribution is -0.0460. The normalized spacial score (nSPS) is 27.1. The smallest absolute Gasteiger partial charge is 0.330 e. The van der Waals surface area contributed by atoms with Crippen LogP contribution in [0.2, 0.25) is 19.6 Å². The van der Waals surface area contributed by atoms with Gasteiger partial charge in [-0.2, -0.15) is 0 Å². The summed E-state index contributed by atoms with van der Waals surface area (Å²) in [5.41, 5.74) is -0.298. The molecule has 22 heavy (non-hydrogen) atoms. The molecule has 3 N–H and O–H groups in total. The van der Waals surface area contributed by atoms with Crippen molar-refractivity contribution in [2.45, 2.75) is 57.0 Å². The largest absolute Gasteiger partial charge is 0.394 e. The van der Waals surface area contributed by atoms with Crippen molar-refractivity contribution >= 4 is 8.07 Å². The molecule has 0 aliphatic carbocycles. The minimum atomic E-state index is -1.61. The van der Waals surface area contributed by atoms with Crippen LogP contribution in [0.25, 0.3) is 0 Å². The second kappa shape index (κ2) is 6.11. The Labute approximate surface area is 129 Å². The highest BCUT2D eigenvalue weighted by molar-refractivity contribution is 6.77. The van der Waals surface area contributed by atoms with Crippen molar-refractivity contribution in [1.82, 2.24) is 9.55 Å². The number of aromatic nitrogens is 2. The number of nitrogens with zero attached hydrogens (tertiary/aromatic N) is 1. The van der Waals surface area contributed by atoms with E-state index in [1.54, 1.807) is 6.20 Å². The number of hydrogen-bond acceptors (Lipinski definition) is 5. The lowest BCUT2D eigenvalue weighted by Gasteiger charge is -2.25. The highest BCUT2D eigenvalue weighted by atomic mass is 28.3. The molecular formula is C14H24N2O5Si. The molecule has 1 aliphatic heterocycles. The van der Waals surface area contributed by atoms with Crippen molar-refractivity contribution in [2.24, 2.45) is 0 Å². The number of aromatic amines is 1. The van der Waals surface area contributed by atoms with Crippen LogP contribution in [0.5, 0.6) is 0 Å². The number of hydrogen-bond donors (Lipinski definition) is 3. The fraction of sp³-hybridized carbons (Fsp3) is 0.714. The number of ether oxygens (including phenoxy) is 1. The van der Waals surface area contributed by atoms with E-state index in [0.29, 0.717) is 5.56 Å². The molecule has 7 nitrogen and oxygen atoms in total. The fourth-order valence-corrected chi connectivity index (χ4v) is 3.68. The molecule has 1 aliphatic rings. The molecule has 4 atom stereocenters. The van der Waals surface area contributed by atoms with E-state index in [9.17, 15) is 14.7 Å². The van der Waals surface area contributed by atoms with E-state index >= 15 is 0 Å². The standard InChI is InChI=1S/C14H24N2O5Si/c1-8(22(2,3)4)9-6-16(14(20)15-13(9)19)12-5-10(18)11(7-17)21-12/h6,8,10-12,17-18H,5,7H2,1-4H3,(H,15,19,20)/t8?,10-,11+,12+/m0/s1. The molecule has 124 valence electrons. The van der Waals surface area contributed by atoms with Crippen molar-refractivity contribution in [3.05, 3.63) is 32.6 Å². The zero-order valence-corrected chi connectivity index (χ0v) is 14.4. The van der Waals surface area contributed by atoms with Gasteiger partial charge in [-0.1, -0.05) is 26.6 Å². The lowest BCUT2D eigenvalue weighted by Crippen LogP contribution is -2.39. The van der Waals surface area contributed by atoms with E-state index in [1.807, 2.05) is 6.92 Å². The van der Waals surface area contributed by atoms with Crippen LogP contribution in [0, 0.1) is 0 Å². The van der Waals surface area contributed by atoms with Crippen LogP contribution < -0.4 is 11.2 Å². The van der Waals surface area contributed by atoms with Crippen molar-refractivity contribution < 1.29 is 14.9 Å². The summed E-state index contributed by atoms with van der Waals surface area (Å²) in [6.07, 6.45) is -0.462. The van der Waals surface area contributed by atoms with Crippen molar-refractivity contribution in [1.29, 1.82) is 0 Å². The van der Waals surface area contributed by atoms with Gasteiger partial charge < -0.3 is 14.9 Å². The van der Waals surface area contributed by atoms with Gasteiger partial charge in [0.05, 0.1) is 20.8 Å². The fourth-order valence-electron chi connectivity index (χ4n) is 2.54. The third kappa shape index (κ3) is 3.24. The van der Waals surface area contributed by atoms with E-state index in [2.05, 4.69) is 24.6 Å². The summed E-state index contributed by atoms with van der Waals surface area (Å²) >= 11 is 0. The molecule has 8 heteroatoms. The third-order valence-electron chi connectivity index (χ3n) is 4.46. The number of aliphatic hydroxyl groups is 2. The average Bonchev–Trinajstić information content (AvgIpc) is 2.78. The first-order valence-electron chi connectivity index (χ1n) is 7.45. The summed E-state index contributed by atoms with van der Waals surface area (Å²) in [7, 11) is -1.61. The Kier molecular flexibility index (Phi) is 4.76. The predicted octanol–water partition coefficient (Wildman–Crippen LogP) is 0.158. The van der Waals surface area contributed by atoms with Gasteiger partial charge >= 0.3 is 5.69 Å². The molecule has 0 aromatic carbocycles. The number of H-pyrrole nitrogens is 1. The van der Waals surface area contributed by atoms with Crippen LogP contribution in [0.3, 0.4) is 0 Å². The van der Waals surface area contributed by atoms with Crippen molar-refractivity contribution in [3.8, 4) is 0 Å². The Morgan fingerprint density at radius 2 is 2.09 bits per heavy atom. The van der Waals surface area contributed by atoms with Crippen LogP contribution in [-0.4, -0.2) is 46.7 Å². The van der Waals surface area contributed by atoms with Crippen LogP contribution >= 0.6 is 0 Å². The van der Waals surface area contributed by atoms with Gasteiger partial charge in [0.25, 0.3) is 5.56 Å². The van der Waals surface area contributed by atoms with Gasteiger partial charge in [0.15, 0.2) is 0 Å². The highest BCUT2D eigenvalue weighted by Gasteiger charge is 2.35. The Bertz CT molecular complexity index is 648. The van der Waals surface area contributed by atoms with Crippen LogP contribution in [0.15, 0.2) is 15.8 Å². The first-order chi connectivity index (χ1) is 10.1. The molecule has 1 aromatic rings. The average molecular weight is 328 g/mol. The van der Waals surface area contributed by atoms with E-state index in [4.69, 9.17) is 9.84 Å². The summed E-state index contributed by atoms with van der Waals surface area (Å²) < 4.78 is 6.81. The first-order valence-corrected chi connectivity index (χ1v) is 11.0. The summed E-state index contributed by atoms with van der Waals surface area (Å²) in [5, 5.41) is 18.9. The van der Waals surface area contributed by atoms with Gasteiger partial charge in [0, 0.05) is 18.2 Å². The van der Waals surface area contributed by atoms with E-state index in [1.165, 1.54) is 4.57 Å². The maximum absolute atomic E-state index is 12.1. The summed E-state index contributed by atoms with van der Waals surface area (Å²) in [6, 6.07) is 0. The molecule has 1 unspecified atom stereocenters. The van der Waals surface area contributed by atoms with E-state index < -0.39 is 32.2 Å². The third-order valence-corrected chi connectivity index (χ3v) is 7.36. The van der Waals surface area contributed by atoms with Gasteiger partial charge in [0.1, 0.15) is 12.3 Å². The van der Waals surface area contributed by atoms with Gasteiger partial charge in [-0.3, -0.25) is 14.3 Å². The Balaban J connectivity index is 2.42. The van der Waals surface area contributed by atoms with Crippen molar-refractivity contribution in [2.75, 3.05) is 6.61 Å². The minimum Gasteiger partial charge on any atom is -0.394 e. The van der Waals surface area contributed by atoms with Gasteiger partial charge in [-0.25, -0.2) is 4.79 Å². The van der Waals surface area contributed by atoms with Gasteiger partial charge in [-0.05, 0) is 5.54 Å². The monoisotopic (exact) mass is 328 g/mol. The first kappa shape index (κ1) is 17.1. The summed E-state index contributed by atoms with van der Waals surface area (Å²) in [4.78, 5) is 26.5.